The average Bonchev–Trinajstić information content (AvgIpc) is 3.26. The van der Waals surface area contributed by atoms with Crippen molar-refractivity contribution in [2.24, 2.45) is 0 Å². The number of nitrogens with one attached hydrogen (secondary N) is 1. The van der Waals surface area contributed by atoms with Gasteiger partial charge in [-0.2, -0.15) is 0 Å². The number of carbonyl (C=O) groups is 2. The number of pyridine rings is 1. The lowest BCUT2D eigenvalue weighted by atomic mass is 10.0. The van der Waals surface area contributed by atoms with Gasteiger partial charge < -0.3 is 4.98 Å². The normalized spacial score (nSPS) is 13.4. The van der Waals surface area contributed by atoms with E-state index in [4.69, 9.17) is 0 Å². The summed E-state index contributed by atoms with van der Waals surface area (Å²) in [4.78, 5) is 34.1. The summed E-state index contributed by atoms with van der Waals surface area (Å²) in [6, 6.07) is 16.6. The van der Waals surface area contributed by atoms with Crippen LogP contribution in [-0.2, 0) is 12.8 Å². The third-order valence-corrected chi connectivity index (χ3v) is 5.24. The summed E-state index contributed by atoms with van der Waals surface area (Å²) in [5.74, 6) is -0.539. The maximum Gasteiger partial charge on any atom is 0.266 e. The molecule has 3 heterocycles. The van der Waals surface area contributed by atoms with E-state index in [1.807, 2.05) is 36.5 Å². The number of aromatic amines is 1. The molecule has 0 unspecified atom stereocenters. The number of fused-ring (bicyclic) bond motifs is 2. The minimum Gasteiger partial charge on any atom is -0.361 e. The molecule has 0 bridgehead atoms. The van der Waals surface area contributed by atoms with Gasteiger partial charge in [0.15, 0.2) is 0 Å². The number of hydrogen-bond acceptors (Lipinski definition) is 3. The molecule has 0 aliphatic carbocycles. The molecule has 0 atom stereocenters. The monoisotopic (exact) mass is 367 g/mol. The highest BCUT2D eigenvalue weighted by molar-refractivity contribution is 6.34. The van der Waals surface area contributed by atoms with Crippen molar-refractivity contribution in [1.82, 2.24) is 9.97 Å². The summed E-state index contributed by atoms with van der Waals surface area (Å²) < 4.78 is 0. The molecule has 4 aromatic rings. The number of rotatable bonds is 4. The number of imide groups is 1. The van der Waals surface area contributed by atoms with Crippen molar-refractivity contribution in [3.63, 3.8) is 0 Å². The summed E-state index contributed by atoms with van der Waals surface area (Å²) in [7, 11) is 0. The summed E-state index contributed by atoms with van der Waals surface area (Å²) in [5.41, 5.74) is 4.89. The molecule has 1 N–H and O–H groups in total. The van der Waals surface area contributed by atoms with Gasteiger partial charge in [-0.1, -0.05) is 12.1 Å². The zero-order valence-corrected chi connectivity index (χ0v) is 15.1. The maximum atomic E-state index is 12.8. The molecule has 0 radical (unpaired) electrons. The third-order valence-electron chi connectivity index (χ3n) is 5.24. The number of aromatic nitrogens is 2. The lowest BCUT2D eigenvalue weighted by Gasteiger charge is -2.14. The molecular formula is C23H17N3O2. The summed E-state index contributed by atoms with van der Waals surface area (Å²) in [6.07, 6.45) is 7.34. The molecule has 2 aromatic carbocycles. The second kappa shape index (κ2) is 6.46. The molecule has 2 aromatic heterocycles. The minimum atomic E-state index is -0.270. The second-order valence-corrected chi connectivity index (χ2v) is 6.89. The number of nitrogens with zero attached hydrogens (tertiary/aromatic N) is 2. The third kappa shape index (κ3) is 2.60. The van der Waals surface area contributed by atoms with E-state index in [0.717, 1.165) is 29.3 Å². The average molecular weight is 367 g/mol. The second-order valence-electron chi connectivity index (χ2n) is 6.89. The fraction of sp³-hybridized carbons (Fsp3) is 0.0870. The maximum absolute atomic E-state index is 12.8. The van der Waals surface area contributed by atoms with Crippen LogP contribution < -0.4 is 4.90 Å². The summed E-state index contributed by atoms with van der Waals surface area (Å²) in [5, 5.41) is 1.03. The molecule has 5 rings (SSSR count). The Bertz CT molecular complexity index is 1180. The minimum absolute atomic E-state index is 0.270. The van der Waals surface area contributed by atoms with Crippen LogP contribution in [-0.4, -0.2) is 21.8 Å². The Balaban J connectivity index is 1.49. The molecule has 2 amide bonds. The van der Waals surface area contributed by atoms with E-state index in [1.165, 1.54) is 10.5 Å². The molecule has 5 nitrogen and oxygen atoms in total. The fourth-order valence-corrected chi connectivity index (χ4v) is 3.76. The van der Waals surface area contributed by atoms with Crippen molar-refractivity contribution < 1.29 is 9.59 Å². The molecule has 1 aliphatic heterocycles. The summed E-state index contributed by atoms with van der Waals surface area (Å²) in [6.45, 7) is 0. The standard InChI is InChI=1S/C23H17N3O2/c27-22-18-3-1-2-4-19(18)23(28)26(22)17-7-8-21-20(13-17)16(14-25-21)6-5-15-9-11-24-12-10-15/h1-4,7-14,25H,5-6H2. The van der Waals surface area contributed by atoms with Crippen molar-refractivity contribution >= 4 is 28.4 Å². The predicted molar refractivity (Wildman–Crippen MR) is 108 cm³/mol. The van der Waals surface area contributed by atoms with Crippen LogP contribution >= 0.6 is 0 Å². The first-order chi connectivity index (χ1) is 13.7. The molecule has 28 heavy (non-hydrogen) atoms. The number of hydrogen-bond donors (Lipinski definition) is 1. The first-order valence-corrected chi connectivity index (χ1v) is 9.19. The lowest BCUT2D eigenvalue weighted by Crippen LogP contribution is -2.29. The van der Waals surface area contributed by atoms with E-state index in [2.05, 4.69) is 9.97 Å². The van der Waals surface area contributed by atoms with Gasteiger partial charge in [-0.15, -0.1) is 0 Å². The van der Waals surface area contributed by atoms with Gasteiger partial charge in [-0.3, -0.25) is 14.6 Å². The highest BCUT2D eigenvalue weighted by Crippen LogP contribution is 2.31. The van der Waals surface area contributed by atoms with Crippen LogP contribution in [0.5, 0.6) is 0 Å². The van der Waals surface area contributed by atoms with Crippen LogP contribution in [0.3, 0.4) is 0 Å². The van der Waals surface area contributed by atoms with Gasteiger partial charge >= 0.3 is 0 Å². The zero-order valence-electron chi connectivity index (χ0n) is 15.1. The van der Waals surface area contributed by atoms with Crippen LogP contribution in [0.4, 0.5) is 5.69 Å². The van der Waals surface area contributed by atoms with E-state index in [9.17, 15) is 9.59 Å². The van der Waals surface area contributed by atoms with Gasteiger partial charge in [-0.25, -0.2) is 4.90 Å². The Morgan fingerprint density at radius 1 is 0.857 bits per heavy atom. The highest BCUT2D eigenvalue weighted by atomic mass is 16.2. The van der Waals surface area contributed by atoms with Crippen molar-refractivity contribution in [3.8, 4) is 0 Å². The summed E-state index contributed by atoms with van der Waals surface area (Å²) >= 11 is 0. The number of amides is 2. The van der Waals surface area contributed by atoms with Gasteiger partial charge in [0.25, 0.3) is 11.8 Å². The molecule has 0 fully saturated rings. The number of carbonyl (C=O) groups excluding carboxylic acids is 2. The van der Waals surface area contributed by atoms with Crippen LogP contribution in [0.2, 0.25) is 0 Å². The quantitative estimate of drug-likeness (QED) is 0.551. The van der Waals surface area contributed by atoms with Crippen molar-refractivity contribution in [2.75, 3.05) is 4.90 Å². The van der Waals surface area contributed by atoms with Crippen LogP contribution in [0.15, 0.2) is 73.2 Å². The van der Waals surface area contributed by atoms with Crippen molar-refractivity contribution in [3.05, 3.63) is 95.4 Å². The first kappa shape index (κ1) is 16.4. The first-order valence-electron chi connectivity index (χ1n) is 9.19. The number of aryl methyl sites for hydroxylation is 2. The molecule has 0 saturated heterocycles. The Hall–Kier alpha value is -3.73. The Kier molecular flexibility index (Phi) is 3.79. The fourth-order valence-electron chi connectivity index (χ4n) is 3.76. The van der Waals surface area contributed by atoms with Crippen molar-refractivity contribution in [2.45, 2.75) is 12.8 Å². The molecule has 0 saturated carbocycles. The lowest BCUT2D eigenvalue weighted by molar-refractivity contribution is 0.0926. The van der Waals surface area contributed by atoms with Gasteiger partial charge in [0, 0.05) is 29.5 Å². The smallest absolute Gasteiger partial charge is 0.266 e. The molecule has 5 heteroatoms. The van der Waals surface area contributed by atoms with Gasteiger partial charge in [0.1, 0.15) is 0 Å². The number of H-pyrrole nitrogens is 1. The molecule has 136 valence electrons. The predicted octanol–water partition coefficient (Wildman–Crippen LogP) is 4.15. The van der Waals surface area contributed by atoms with Crippen LogP contribution in [0.1, 0.15) is 31.8 Å². The van der Waals surface area contributed by atoms with Gasteiger partial charge in [0.2, 0.25) is 0 Å². The largest absolute Gasteiger partial charge is 0.361 e. The Morgan fingerprint density at radius 3 is 2.29 bits per heavy atom. The number of anilines is 1. The highest BCUT2D eigenvalue weighted by Gasteiger charge is 2.36. The van der Waals surface area contributed by atoms with E-state index < -0.39 is 0 Å². The van der Waals surface area contributed by atoms with E-state index in [0.29, 0.717) is 16.8 Å². The topological polar surface area (TPSA) is 66.1 Å². The Labute approximate surface area is 161 Å². The Morgan fingerprint density at radius 2 is 1.57 bits per heavy atom. The van der Waals surface area contributed by atoms with Gasteiger partial charge in [0.05, 0.1) is 16.8 Å². The molecule has 1 aliphatic rings. The zero-order chi connectivity index (χ0) is 19.1. The van der Waals surface area contributed by atoms with Gasteiger partial charge in [-0.05, 0) is 66.4 Å². The molecular weight excluding hydrogens is 350 g/mol. The van der Waals surface area contributed by atoms with Crippen molar-refractivity contribution in [1.29, 1.82) is 0 Å². The molecule has 0 spiro atoms. The van der Waals surface area contributed by atoms with E-state index in [-0.39, 0.29) is 11.8 Å². The van der Waals surface area contributed by atoms with Crippen LogP contribution in [0, 0.1) is 0 Å². The van der Waals surface area contributed by atoms with Crippen LogP contribution in [0.25, 0.3) is 10.9 Å². The van der Waals surface area contributed by atoms with E-state index >= 15 is 0 Å². The van der Waals surface area contributed by atoms with E-state index in [1.54, 1.807) is 36.7 Å². The SMILES string of the molecule is O=C1c2ccccc2C(=O)N1c1ccc2[nH]cc(CCc3ccncc3)c2c1. The number of benzene rings is 2.